The SMILES string of the molecule is Cn1cc(NC2CC3(C2)CN(CC(F)(F)F)C3)cn1.O=C(O)C(F)(F)F. The van der Waals surface area contributed by atoms with Gasteiger partial charge in [-0.2, -0.15) is 31.4 Å². The van der Waals surface area contributed by atoms with Crippen LogP contribution in [0.4, 0.5) is 32.0 Å². The molecule has 0 unspecified atom stereocenters. The van der Waals surface area contributed by atoms with Gasteiger partial charge in [0.05, 0.1) is 18.4 Å². The Morgan fingerprint density at radius 3 is 2.23 bits per heavy atom. The van der Waals surface area contributed by atoms with Gasteiger partial charge in [0.1, 0.15) is 0 Å². The molecule has 0 aromatic carbocycles. The van der Waals surface area contributed by atoms with E-state index < -0.39 is 24.9 Å². The Morgan fingerprint density at radius 1 is 1.31 bits per heavy atom. The average Bonchev–Trinajstić information content (AvgIpc) is 2.77. The van der Waals surface area contributed by atoms with E-state index in [4.69, 9.17) is 9.90 Å². The number of nitrogens with one attached hydrogen (secondary N) is 1. The zero-order valence-corrected chi connectivity index (χ0v) is 13.7. The molecule has 1 saturated carbocycles. The van der Waals surface area contributed by atoms with Crippen molar-refractivity contribution in [3.63, 3.8) is 0 Å². The third kappa shape index (κ3) is 5.51. The number of aryl methyl sites for hydroxylation is 1. The number of alkyl halides is 6. The number of carbonyl (C=O) groups is 1. The normalized spacial score (nSPS) is 20.0. The van der Waals surface area contributed by atoms with E-state index in [1.54, 1.807) is 10.9 Å². The predicted molar refractivity (Wildman–Crippen MR) is 78.5 cm³/mol. The van der Waals surface area contributed by atoms with Gasteiger partial charge in [0.2, 0.25) is 0 Å². The van der Waals surface area contributed by atoms with Crippen LogP contribution >= 0.6 is 0 Å². The van der Waals surface area contributed by atoms with Crippen LogP contribution in [0.15, 0.2) is 12.4 Å². The molecular formula is C14H18F6N4O2. The van der Waals surface area contributed by atoms with Crippen LogP contribution in [0.3, 0.4) is 0 Å². The van der Waals surface area contributed by atoms with Crippen molar-refractivity contribution in [3.05, 3.63) is 12.4 Å². The summed E-state index contributed by atoms with van der Waals surface area (Å²) >= 11 is 0. The highest BCUT2D eigenvalue weighted by Crippen LogP contribution is 2.49. The fourth-order valence-corrected chi connectivity index (χ4v) is 3.35. The van der Waals surface area contributed by atoms with Gasteiger partial charge in [-0.3, -0.25) is 9.58 Å². The lowest BCUT2D eigenvalue weighted by molar-refractivity contribution is -0.192. The number of carboxylic acid groups (broad SMARTS) is 1. The van der Waals surface area contributed by atoms with Crippen molar-refractivity contribution in [2.24, 2.45) is 12.5 Å². The highest BCUT2D eigenvalue weighted by Gasteiger charge is 2.53. The van der Waals surface area contributed by atoms with Crippen molar-refractivity contribution >= 4 is 11.7 Å². The number of aromatic nitrogens is 2. The van der Waals surface area contributed by atoms with Crippen molar-refractivity contribution in [2.75, 3.05) is 25.0 Å². The number of hydrogen-bond donors (Lipinski definition) is 2. The maximum Gasteiger partial charge on any atom is 0.490 e. The Labute approximate surface area is 144 Å². The van der Waals surface area contributed by atoms with E-state index in [0.29, 0.717) is 19.1 Å². The summed E-state index contributed by atoms with van der Waals surface area (Å²) in [4.78, 5) is 10.4. The second-order valence-electron chi connectivity index (χ2n) is 6.72. The van der Waals surface area contributed by atoms with Crippen molar-refractivity contribution in [3.8, 4) is 0 Å². The van der Waals surface area contributed by atoms with Crippen LogP contribution in [-0.2, 0) is 11.8 Å². The van der Waals surface area contributed by atoms with Gasteiger partial charge in [0, 0.05) is 32.4 Å². The number of rotatable bonds is 3. The molecule has 26 heavy (non-hydrogen) atoms. The van der Waals surface area contributed by atoms with Crippen molar-refractivity contribution in [2.45, 2.75) is 31.2 Å². The minimum atomic E-state index is -5.08. The van der Waals surface area contributed by atoms with Gasteiger partial charge in [0.25, 0.3) is 0 Å². The predicted octanol–water partition coefficient (Wildman–Crippen LogP) is 2.49. The summed E-state index contributed by atoms with van der Waals surface area (Å²) in [5.41, 5.74) is 1.11. The summed E-state index contributed by atoms with van der Waals surface area (Å²) in [7, 11) is 1.86. The van der Waals surface area contributed by atoms with Gasteiger partial charge >= 0.3 is 18.3 Å². The fourth-order valence-electron chi connectivity index (χ4n) is 3.35. The summed E-state index contributed by atoms with van der Waals surface area (Å²) in [6.45, 7) is 0.394. The second-order valence-corrected chi connectivity index (χ2v) is 6.72. The van der Waals surface area contributed by atoms with Crippen LogP contribution in [-0.4, -0.2) is 63.8 Å². The van der Waals surface area contributed by atoms with Crippen molar-refractivity contribution in [1.82, 2.24) is 14.7 Å². The molecule has 2 heterocycles. The number of carboxylic acids is 1. The Bertz CT molecular complexity index is 628. The zero-order chi connectivity index (χ0) is 19.8. The quantitative estimate of drug-likeness (QED) is 0.779. The first-order valence-electron chi connectivity index (χ1n) is 7.62. The smallest absolute Gasteiger partial charge is 0.475 e. The van der Waals surface area contributed by atoms with Gasteiger partial charge in [0.15, 0.2) is 0 Å². The number of nitrogens with zero attached hydrogens (tertiary/aromatic N) is 3. The van der Waals surface area contributed by atoms with Crippen molar-refractivity contribution < 1.29 is 36.2 Å². The van der Waals surface area contributed by atoms with Crippen molar-refractivity contribution in [1.29, 1.82) is 0 Å². The van der Waals surface area contributed by atoms with E-state index in [1.165, 1.54) is 4.90 Å². The molecule has 0 bridgehead atoms. The lowest BCUT2D eigenvalue weighted by Crippen LogP contribution is -2.66. The maximum atomic E-state index is 12.2. The van der Waals surface area contributed by atoms with E-state index in [0.717, 1.165) is 18.5 Å². The van der Waals surface area contributed by atoms with E-state index in [2.05, 4.69) is 10.4 Å². The summed E-state index contributed by atoms with van der Waals surface area (Å²) in [6.07, 6.45) is -3.57. The molecule has 0 radical (unpaired) electrons. The summed E-state index contributed by atoms with van der Waals surface area (Å²) in [5.74, 6) is -2.76. The van der Waals surface area contributed by atoms with Gasteiger partial charge in [-0.25, -0.2) is 4.79 Å². The first-order chi connectivity index (χ1) is 11.8. The fraction of sp³-hybridized carbons (Fsp3) is 0.714. The molecular weight excluding hydrogens is 370 g/mol. The molecule has 1 spiro atoms. The van der Waals surface area contributed by atoms with Crippen LogP contribution in [0.25, 0.3) is 0 Å². The minimum Gasteiger partial charge on any atom is -0.475 e. The molecule has 3 rings (SSSR count). The van der Waals surface area contributed by atoms with Crippen LogP contribution in [0.1, 0.15) is 12.8 Å². The average molecular weight is 388 g/mol. The number of aliphatic carboxylic acids is 1. The largest absolute Gasteiger partial charge is 0.490 e. The molecule has 1 aliphatic carbocycles. The van der Waals surface area contributed by atoms with Crippen LogP contribution in [0, 0.1) is 5.41 Å². The summed E-state index contributed by atoms with van der Waals surface area (Å²) in [6, 6.07) is 0.372. The number of halogens is 6. The van der Waals surface area contributed by atoms with E-state index in [1.807, 2.05) is 13.2 Å². The first kappa shape index (κ1) is 20.3. The summed E-state index contributed by atoms with van der Waals surface area (Å²) in [5, 5.41) is 14.6. The third-order valence-electron chi connectivity index (χ3n) is 4.20. The monoisotopic (exact) mass is 388 g/mol. The molecule has 0 atom stereocenters. The number of hydrogen-bond acceptors (Lipinski definition) is 4. The number of anilines is 1. The molecule has 12 heteroatoms. The Kier molecular flexibility index (Phi) is 5.45. The van der Waals surface area contributed by atoms with Gasteiger partial charge in [-0.15, -0.1) is 0 Å². The minimum absolute atomic E-state index is 0.130. The number of likely N-dealkylation sites (tertiary alicyclic amines) is 1. The molecule has 1 saturated heterocycles. The molecule has 1 aliphatic heterocycles. The highest BCUT2D eigenvalue weighted by molar-refractivity contribution is 5.73. The Hall–Kier alpha value is -1.98. The first-order valence-corrected chi connectivity index (χ1v) is 7.62. The molecule has 2 fully saturated rings. The van der Waals surface area contributed by atoms with Crippen LogP contribution in [0.5, 0.6) is 0 Å². The lowest BCUT2D eigenvalue weighted by Gasteiger charge is -2.59. The Balaban J connectivity index is 0.000000298. The topological polar surface area (TPSA) is 70.4 Å². The molecule has 0 amide bonds. The summed E-state index contributed by atoms with van der Waals surface area (Å²) < 4.78 is 70.1. The molecule has 2 N–H and O–H groups in total. The molecule has 6 nitrogen and oxygen atoms in total. The molecule has 2 aliphatic rings. The van der Waals surface area contributed by atoms with Crippen LogP contribution in [0.2, 0.25) is 0 Å². The van der Waals surface area contributed by atoms with Crippen LogP contribution < -0.4 is 5.32 Å². The maximum absolute atomic E-state index is 12.2. The molecule has 1 aromatic rings. The molecule has 1 aromatic heterocycles. The Morgan fingerprint density at radius 2 is 1.85 bits per heavy atom. The van der Waals surface area contributed by atoms with Gasteiger partial charge < -0.3 is 10.4 Å². The lowest BCUT2D eigenvalue weighted by atomic mass is 9.60. The van der Waals surface area contributed by atoms with E-state index in [-0.39, 0.29) is 5.41 Å². The second kappa shape index (κ2) is 6.97. The van der Waals surface area contributed by atoms with Gasteiger partial charge in [-0.05, 0) is 18.3 Å². The van der Waals surface area contributed by atoms with Gasteiger partial charge in [-0.1, -0.05) is 0 Å². The van der Waals surface area contributed by atoms with E-state index >= 15 is 0 Å². The highest BCUT2D eigenvalue weighted by atomic mass is 19.4. The standard InChI is InChI=1S/C12H17F3N4.C2HF3O2/c1-18-5-10(4-16-18)17-9-2-11(3-9)6-19(7-11)8-12(13,14)15;3-2(4,5)1(6)7/h4-5,9,17H,2-3,6-8H2,1H3;(H,6,7). The molecule has 148 valence electrons. The van der Waals surface area contributed by atoms with E-state index in [9.17, 15) is 26.3 Å². The third-order valence-corrected chi connectivity index (χ3v) is 4.20. The zero-order valence-electron chi connectivity index (χ0n) is 13.7.